The largest absolute Gasteiger partial charge is 0.477 e. The van der Waals surface area contributed by atoms with Gasteiger partial charge in [0.05, 0.1) is 5.69 Å². The molecule has 0 radical (unpaired) electrons. The van der Waals surface area contributed by atoms with Crippen molar-refractivity contribution >= 4 is 38.8 Å². The van der Waals surface area contributed by atoms with Crippen LogP contribution in [0, 0.1) is 12.7 Å². The maximum absolute atomic E-state index is 14.2. The van der Waals surface area contributed by atoms with Crippen LogP contribution in [0.4, 0.5) is 4.39 Å². The van der Waals surface area contributed by atoms with Crippen molar-refractivity contribution in [2.45, 2.75) is 32.3 Å². The Morgan fingerprint density at radius 2 is 2.04 bits per heavy atom. The van der Waals surface area contributed by atoms with Gasteiger partial charge in [-0.3, -0.25) is 9.59 Å². The fourth-order valence-electron chi connectivity index (χ4n) is 2.74. The van der Waals surface area contributed by atoms with E-state index in [2.05, 4.69) is 27.5 Å². The van der Waals surface area contributed by atoms with Crippen LogP contribution in [0.1, 0.15) is 30.3 Å². The van der Waals surface area contributed by atoms with Crippen molar-refractivity contribution < 1.29 is 18.7 Å². The zero-order chi connectivity index (χ0) is 18.5. The Morgan fingerprint density at radius 1 is 1.36 bits per heavy atom. The first-order valence-electron chi connectivity index (χ1n) is 7.51. The molecule has 1 aromatic heterocycles. The number of rotatable bonds is 2. The van der Waals surface area contributed by atoms with Gasteiger partial charge in [0.15, 0.2) is 17.1 Å². The summed E-state index contributed by atoms with van der Waals surface area (Å²) in [4.78, 5) is 30.3. The van der Waals surface area contributed by atoms with Crippen molar-refractivity contribution in [1.29, 1.82) is 0 Å². The number of benzene rings is 1. The van der Waals surface area contributed by atoms with Crippen molar-refractivity contribution in [3.05, 3.63) is 51.4 Å². The third-order valence-electron chi connectivity index (χ3n) is 4.04. The third-order valence-corrected chi connectivity index (χ3v) is 5.55. The number of hydrogen-bond acceptors (Lipinski definition) is 5. The fraction of sp³-hybridized carbons (Fsp3) is 0.278. The number of aromatic nitrogens is 1. The highest BCUT2D eigenvalue weighted by Gasteiger charge is 2.48. The molecule has 2 heterocycles. The third kappa shape index (κ3) is 3.06. The van der Waals surface area contributed by atoms with Crippen LogP contribution in [0.5, 0.6) is 0 Å². The van der Waals surface area contributed by atoms with Crippen molar-refractivity contribution in [3.63, 3.8) is 0 Å². The average Bonchev–Trinajstić information content (AvgIpc) is 2.87. The van der Waals surface area contributed by atoms with E-state index in [0.717, 1.165) is 0 Å². The summed E-state index contributed by atoms with van der Waals surface area (Å²) in [5.41, 5.74) is -0.489. The van der Waals surface area contributed by atoms with Gasteiger partial charge in [-0.1, -0.05) is 22.5 Å². The predicted octanol–water partition coefficient (Wildman–Crippen LogP) is 4.56. The lowest BCUT2D eigenvalue weighted by Crippen LogP contribution is -2.47. The highest BCUT2D eigenvalue weighted by molar-refractivity contribution is 9.10. The van der Waals surface area contributed by atoms with Crippen molar-refractivity contribution in [3.8, 4) is 10.6 Å². The second kappa shape index (κ2) is 6.14. The minimum absolute atomic E-state index is 0.0571. The van der Waals surface area contributed by atoms with Crippen LogP contribution in [0.3, 0.4) is 0 Å². The fourth-order valence-corrected chi connectivity index (χ4v) is 4.05. The molecule has 0 saturated carbocycles. The summed E-state index contributed by atoms with van der Waals surface area (Å²) in [5.74, 6) is -2.43. The van der Waals surface area contributed by atoms with Gasteiger partial charge >= 0.3 is 0 Å². The Bertz CT molecular complexity index is 919. The molecule has 1 unspecified atom stereocenters. The number of thiazole rings is 1. The molecule has 1 fully saturated rings. The van der Waals surface area contributed by atoms with E-state index in [-0.39, 0.29) is 11.5 Å². The van der Waals surface area contributed by atoms with E-state index in [1.165, 1.54) is 17.4 Å². The quantitative estimate of drug-likeness (QED) is 0.524. The van der Waals surface area contributed by atoms with Crippen molar-refractivity contribution in [1.82, 2.24) is 4.98 Å². The van der Waals surface area contributed by atoms with Crippen LogP contribution in [-0.2, 0) is 14.3 Å². The Labute approximate surface area is 156 Å². The lowest BCUT2D eigenvalue weighted by atomic mass is 9.82. The molecular formula is C18H15BrFNO3S. The molecule has 7 heteroatoms. The molecule has 0 bridgehead atoms. The van der Waals surface area contributed by atoms with E-state index in [1.54, 1.807) is 32.9 Å². The Hall–Kier alpha value is -1.86. The maximum atomic E-state index is 14.2. The number of Topliss-reactive ketones (excluding diaryl/α,β-unsaturated/α-hetero) is 2. The molecule has 1 saturated heterocycles. The highest BCUT2D eigenvalue weighted by atomic mass is 79.9. The lowest BCUT2D eigenvalue weighted by molar-refractivity contribution is -0.150. The summed E-state index contributed by atoms with van der Waals surface area (Å²) in [5, 5.41) is 0.424. The van der Waals surface area contributed by atoms with E-state index >= 15 is 0 Å². The Morgan fingerprint density at radius 3 is 2.68 bits per heavy atom. The van der Waals surface area contributed by atoms with Crippen LogP contribution < -0.4 is 0 Å². The van der Waals surface area contributed by atoms with E-state index in [0.29, 0.717) is 25.6 Å². The molecule has 2 aromatic rings. The molecule has 0 aliphatic carbocycles. The van der Waals surface area contributed by atoms with E-state index in [1.807, 2.05) is 0 Å². The summed E-state index contributed by atoms with van der Waals surface area (Å²) in [6.45, 7) is 8.56. The monoisotopic (exact) mass is 423 g/mol. The second-order valence-electron chi connectivity index (χ2n) is 6.28. The standard InChI is InChI=1S/C18H15BrFNO3S/c1-8-15(22)13(16(23)18(3,4)24-8)14-9(2)25-17(21-14)11-6-5-10(19)7-12(11)20/h5-7,13H,1H2,2-4H3. The molecule has 25 heavy (non-hydrogen) atoms. The van der Waals surface area contributed by atoms with Crippen LogP contribution in [0.25, 0.3) is 10.6 Å². The second-order valence-corrected chi connectivity index (χ2v) is 8.40. The molecule has 1 aliphatic heterocycles. The first kappa shape index (κ1) is 17.9. The summed E-state index contributed by atoms with van der Waals surface area (Å²) >= 11 is 4.46. The van der Waals surface area contributed by atoms with Gasteiger partial charge in [-0.15, -0.1) is 11.3 Å². The molecule has 1 aromatic carbocycles. The molecule has 0 spiro atoms. The van der Waals surface area contributed by atoms with Gasteiger partial charge in [-0.2, -0.15) is 0 Å². The first-order chi connectivity index (χ1) is 11.6. The van der Waals surface area contributed by atoms with Gasteiger partial charge in [-0.05, 0) is 39.0 Å². The van der Waals surface area contributed by atoms with Gasteiger partial charge in [-0.25, -0.2) is 9.37 Å². The average molecular weight is 424 g/mol. The molecule has 3 rings (SSSR count). The summed E-state index contributed by atoms with van der Waals surface area (Å²) < 4.78 is 20.2. The molecular weight excluding hydrogens is 409 g/mol. The molecule has 4 nitrogen and oxygen atoms in total. The topological polar surface area (TPSA) is 56.3 Å². The minimum Gasteiger partial charge on any atom is -0.477 e. The Kier molecular flexibility index (Phi) is 4.41. The number of carbonyl (C=O) groups is 2. The SMILES string of the molecule is C=C1OC(C)(C)C(=O)C(c2nc(-c3ccc(Br)cc3F)sc2C)C1=O. The number of carbonyl (C=O) groups excluding carboxylic acids is 2. The van der Waals surface area contributed by atoms with E-state index < -0.39 is 23.1 Å². The van der Waals surface area contributed by atoms with Gasteiger partial charge in [0.1, 0.15) is 16.7 Å². The van der Waals surface area contributed by atoms with Crippen LogP contribution in [-0.4, -0.2) is 22.2 Å². The van der Waals surface area contributed by atoms with Crippen LogP contribution in [0.2, 0.25) is 0 Å². The van der Waals surface area contributed by atoms with Gasteiger partial charge in [0.25, 0.3) is 0 Å². The van der Waals surface area contributed by atoms with Crippen LogP contribution in [0.15, 0.2) is 35.0 Å². The molecule has 1 atom stereocenters. The molecule has 130 valence electrons. The lowest BCUT2D eigenvalue weighted by Gasteiger charge is -2.34. The molecule has 0 amide bonds. The number of ketones is 2. The number of allylic oxidation sites excluding steroid dienone is 1. The van der Waals surface area contributed by atoms with Crippen LogP contribution >= 0.6 is 27.3 Å². The highest BCUT2D eigenvalue weighted by Crippen LogP contribution is 2.39. The smallest absolute Gasteiger partial charge is 0.213 e. The van der Waals surface area contributed by atoms with Gasteiger partial charge in [0.2, 0.25) is 5.78 Å². The zero-order valence-corrected chi connectivity index (χ0v) is 16.3. The number of halogens is 2. The Balaban J connectivity index is 2.09. The zero-order valence-electron chi connectivity index (χ0n) is 13.9. The molecule has 1 aliphatic rings. The number of aryl methyl sites for hydroxylation is 1. The summed E-state index contributed by atoms with van der Waals surface area (Å²) in [7, 11) is 0. The minimum atomic E-state index is -1.16. The first-order valence-corrected chi connectivity index (χ1v) is 9.12. The number of hydrogen-bond donors (Lipinski definition) is 0. The van der Waals surface area contributed by atoms with Gasteiger partial charge in [0, 0.05) is 14.9 Å². The predicted molar refractivity (Wildman–Crippen MR) is 97.0 cm³/mol. The van der Waals surface area contributed by atoms with E-state index in [4.69, 9.17) is 4.74 Å². The summed E-state index contributed by atoms with van der Waals surface area (Å²) in [6, 6.07) is 4.67. The normalized spacial score (nSPS) is 19.9. The summed E-state index contributed by atoms with van der Waals surface area (Å²) in [6.07, 6.45) is 0. The number of nitrogens with zero attached hydrogens (tertiary/aromatic N) is 1. The maximum Gasteiger partial charge on any atom is 0.213 e. The van der Waals surface area contributed by atoms with Crippen molar-refractivity contribution in [2.24, 2.45) is 0 Å². The van der Waals surface area contributed by atoms with E-state index in [9.17, 15) is 14.0 Å². The molecule has 0 N–H and O–H groups in total. The van der Waals surface area contributed by atoms with Crippen molar-refractivity contribution in [2.75, 3.05) is 0 Å². The number of ether oxygens (including phenoxy) is 1. The van der Waals surface area contributed by atoms with Gasteiger partial charge < -0.3 is 4.74 Å².